The van der Waals surface area contributed by atoms with Crippen LogP contribution in [0.25, 0.3) is 0 Å². The molecule has 0 aliphatic carbocycles. The molecule has 0 bridgehead atoms. The second-order valence-electron chi connectivity index (χ2n) is 4.31. The molecule has 1 N–H and O–H groups in total. The number of nitrogens with one attached hydrogen (secondary N) is 1. The van der Waals surface area contributed by atoms with Crippen molar-refractivity contribution >= 4 is 11.6 Å². The maximum atomic E-state index is 6.25. The first-order valence-electron chi connectivity index (χ1n) is 5.82. The predicted molar refractivity (Wildman–Crippen MR) is 70.6 cm³/mol. The van der Waals surface area contributed by atoms with E-state index >= 15 is 0 Å². The zero-order chi connectivity index (χ0) is 13.1. The highest BCUT2D eigenvalue weighted by Gasteiger charge is 2.22. The van der Waals surface area contributed by atoms with Gasteiger partial charge in [-0.05, 0) is 32.5 Å². The van der Waals surface area contributed by atoms with Gasteiger partial charge >= 0.3 is 0 Å². The summed E-state index contributed by atoms with van der Waals surface area (Å²) < 4.78 is 1.92. The Hall–Kier alpha value is -1.46. The lowest BCUT2D eigenvalue weighted by atomic mass is 10.1. The van der Waals surface area contributed by atoms with E-state index in [9.17, 15) is 0 Å². The number of rotatable bonds is 4. The first-order chi connectivity index (χ1) is 8.65. The fourth-order valence-electron chi connectivity index (χ4n) is 1.97. The zero-order valence-corrected chi connectivity index (χ0v) is 11.4. The Bertz CT molecular complexity index is 508. The van der Waals surface area contributed by atoms with Crippen molar-refractivity contribution in [2.45, 2.75) is 25.9 Å². The van der Waals surface area contributed by atoms with E-state index in [0.717, 1.165) is 11.3 Å². The highest BCUT2D eigenvalue weighted by Crippen LogP contribution is 2.29. The van der Waals surface area contributed by atoms with E-state index in [1.54, 1.807) is 18.6 Å². The molecular weight excluding hydrogens is 250 g/mol. The van der Waals surface area contributed by atoms with Crippen LogP contribution in [0.15, 0.2) is 24.7 Å². The average Bonchev–Trinajstić information content (AvgIpc) is 2.74. The van der Waals surface area contributed by atoms with Crippen LogP contribution in [-0.2, 0) is 0 Å². The number of hydrogen-bond donors (Lipinski definition) is 1. The van der Waals surface area contributed by atoms with Gasteiger partial charge in [-0.1, -0.05) is 11.6 Å². The number of hydrogen-bond acceptors (Lipinski definition) is 4. The highest BCUT2D eigenvalue weighted by molar-refractivity contribution is 6.31. The van der Waals surface area contributed by atoms with Gasteiger partial charge in [-0.15, -0.1) is 0 Å². The van der Waals surface area contributed by atoms with Crippen LogP contribution < -0.4 is 5.32 Å². The van der Waals surface area contributed by atoms with Gasteiger partial charge in [-0.2, -0.15) is 15.3 Å². The molecule has 0 aliphatic rings. The van der Waals surface area contributed by atoms with Crippen molar-refractivity contribution in [1.29, 1.82) is 0 Å². The summed E-state index contributed by atoms with van der Waals surface area (Å²) in [4.78, 5) is 0. The molecule has 5 nitrogen and oxygen atoms in total. The van der Waals surface area contributed by atoms with Crippen LogP contribution in [0.5, 0.6) is 0 Å². The molecule has 2 heterocycles. The zero-order valence-electron chi connectivity index (χ0n) is 10.6. The van der Waals surface area contributed by atoms with E-state index in [-0.39, 0.29) is 12.1 Å². The number of aromatic nitrogens is 4. The van der Waals surface area contributed by atoms with Gasteiger partial charge in [-0.3, -0.25) is 4.68 Å². The van der Waals surface area contributed by atoms with Gasteiger partial charge < -0.3 is 5.32 Å². The van der Waals surface area contributed by atoms with Crippen LogP contribution in [0.4, 0.5) is 0 Å². The van der Waals surface area contributed by atoms with Crippen molar-refractivity contribution in [2.75, 3.05) is 7.05 Å². The van der Waals surface area contributed by atoms with E-state index in [1.807, 2.05) is 17.8 Å². The van der Waals surface area contributed by atoms with Crippen molar-refractivity contribution in [3.63, 3.8) is 0 Å². The summed E-state index contributed by atoms with van der Waals surface area (Å²) >= 11 is 6.25. The topological polar surface area (TPSA) is 55.6 Å². The largest absolute Gasteiger partial charge is 0.308 e. The number of nitrogens with zero attached hydrogens (tertiary/aromatic N) is 4. The van der Waals surface area contributed by atoms with Gasteiger partial charge in [0.2, 0.25) is 0 Å². The lowest BCUT2D eigenvalue weighted by Gasteiger charge is -2.20. The lowest BCUT2D eigenvalue weighted by molar-refractivity contribution is 0.483. The third-order valence-corrected chi connectivity index (χ3v) is 3.07. The molecule has 0 amide bonds. The average molecular weight is 266 g/mol. The van der Waals surface area contributed by atoms with Crippen LogP contribution in [0.2, 0.25) is 5.02 Å². The Kier molecular flexibility index (Phi) is 3.93. The van der Waals surface area contributed by atoms with Gasteiger partial charge in [-0.25, -0.2) is 0 Å². The van der Waals surface area contributed by atoms with Gasteiger partial charge in [0.15, 0.2) is 0 Å². The van der Waals surface area contributed by atoms with E-state index in [1.165, 1.54) is 0 Å². The van der Waals surface area contributed by atoms with Crippen molar-refractivity contribution in [1.82, 2.24) is 25.3 Å². The van der Waals surface area contributed by atoms with E-state index in [4.69, 9.17) is 11.6 Å². The van der Waals surface area contributed by atoms with E-state index in [2.05, 4.69) is 34.5 Å². The molecule has 18 heavy (non-hydrogen) atoms. The molecule has 1 unspecified atom stereocenters. The van der Waals surface area contributed by atoms with Crippen LogP contribution in [0.1, 0.15) is 37.2 Å². The minimum Gasteiger partial charge on any atom is -0.308 e. The monoisotopic (exact) mass is 265 g/mol. The quantitative estimate of drug-likeness (QED) is 0.921. The predicted octanol–water partition coefficient (Wildman–Crippen LogP) is 2.22. The van der Waals surface area contributed by atoms with Gasteiger partial charge in [0.25, 0.3) is 0 Å². The van der Waals surface area contributed by atoms with Gasteiger partial charge in [0, 0.05) is 12.2 Å². The lowest BCUT2D eigenvalue weighted by Crippen LogP contribution is -2.23. The van der Waals surface area contributed by atoms with Crippen molar-refractivity contribution in [3.8, 4) is 0 Å². The summed E-state index contributed by atoms with van der Waals surface area (Å²) in [6.07, 6.45) is 5.08. The molecule has 0 aliphatic heterocycles. The Labute approximate surface area is 111 Å². The minimum atomic E-state index is -0.0436. The first kappa shape index (κ1) is 13.0. The molecule has 2 rings (SSSR count). The molecular formula is C12H16ClN5. The molecule has 96 valence electrons. The maximum absolute atomic E-state index is 6.25. The molecule has 1 atom stereocenters. The highest BCUT2D eigenvalue weighted by atomic mass is 35.5. The summed E-state index contributed by atoms with van der Waals surface area (Å²) in [7, 11) is 1.89. The van der Waals surface area contributed by atoms with Crippen molar-refractivity contribution in [2.24, 2.45) is 0 Å². The molecule has 0 spiro atoms. The molecule has 0 saturated heterocycles. The van der Waals surface area contributed by atoms with Crippen molar-refractivity contribution < 1.29 is 0 Å². The minimum absolute atomic E-state index is 0.0436. The summed E-state index contributed by atoms with van der Waals surface area (Å²) in [5.41, 5.74) is 1.96. The van der Waals surface area contributed by atoms with Gasteiger partial charge in [0.1, 0.15) is 0 Å². The Balaban J connectivity index is 2.48. The molecule has 0 saturated carbocycles. The summed E-state index contributed by atoms with van der Waals surface area (Å²) in [6.45, 7) is 4.15. The fourth-order valence-corrected chi connectivity index (χ4v) is 2.20. The smallest absolute Gasteiger partial charge is 0.0837 e. The normalized spacial score (nSPS) is 12.9. The van der Waals surface area contributed by atoms with Crippen molar-refractivity contribution in [3.05, 3.63) is 40.9 Å². The number of halogens is 1. The van der Waals surface area contributed by atoms with Crippen LogP contribution >= 0.6 is 11.6 Å². The first-order valence-corrected chi connectivity index (χ1v) is 6.19. The van der Waals surface area contributed by atoms with Crippen LogP contribution in [0, 0.1) is 0 Å². The van der Waals surface area contributed by atoms with E-state index < -0.39 is 0 Å². The summed E-state index contributed by atoms with van der Waals surface area (Å²) in [6, 6.07) is 2.12. The SMILES string of the molecule is CNC(c1ccnnc1)c1c(Cl)cnn1C(C)C. The van der Waals surface area contributed by atoms with Gasteiger partial charge in [0.05, 0.1) is 29.2 Å². The molecule has 6 heteroatoms. The second-order valence-corrected chi connectivity index (χ2v) is 4.72. The van der Waals surface area contributed by atoms with E-state index in [0.29, 0.717) is 5.02 Å². The molecule has 2 aromatic rings. The fraction of sp³-hybridized carbons (Fsp3) is 0.417. The maximum Gasteiger partial charge on any atom is 0.0837 e. The third-order valence-electron chi connectivity index (χ3n) is 2.78. The Morgan fingerprint density at radius 2 is 2.06 bits per heavy atom. The molecule has 0 radical (unpaired) electrons. The molecule has 0 aromatic carbocycles. The third kappa shape index (κ3) is 2.37. The van der Waals surface area contributed by atoms with Crippen LogP contribution in [-0.4, -0.2) is 27.0 Å². The molecule has 0 fully saturated rings. The Morgan fingerprint density at radius 3 is 2.61 bits per heavy atom. The second kappa shape index (κ2) is 5.46. The Morgan fingerprint density at radius 1 is 1.28 bits per heavy atom. The van der Waals surface area contributed by atoms with Crippen LogP contribution in [0.3, 0.4) is 0 Å². The molecule has 2 aromatic heterocycles. The summed E-state index contributed by atoms with van der Waals surface area (Å²) in [5, 5.41) is 15.9. The standard InChI is InChI=1S/C12H16ClN5/c1-8(2)18-12(10(13)7-17-18)11(14-3)9-4-5-15-16-6-9/h4-8,11,14H,1-3H3. The summed E-state index contributed by atoms with van der Waals surface area (Å²) in [5.74, 6) is 0.